The summed E-state index contributed by atoms with van der Waals surface area (Å²) in [5.74, 6) is 1.14. The number of nitrogens with zero attached hydrogens (tertiary/aromatic N) is 1. The summed E-state index contributed by atoms with van der Waals surface area (Å²) in [5.41, 5.74) is 8.76. The second kappa shape index (κ2) is 10.00. The minimum Gasteiger partial charge on any atom is -0.492 e. The average Bonchev–Trinajstić information content (AvgIpc) is 3.24. The lowest BCUT2D eigenvalue weighted by Gasteiger charge is -2.26. The number of aromatic nitrogens is 1. The summed E-state index contributed by atoms with van der Waals surface area (Å²) < 4.78 is 28.5. The number of nitrogens with one attached hydrogen (secondary N) is 2. The van der Waals surface area contributed by atoms with Crippen molar-refractivity contribution in [2.45, 2.75) is 19.3 Å². The highest BCUT2D eigenvalue weighted by Gasteiger charge is 2.19. The first-order chi connectivity index (χ1) is 15.8. The molecule has 0 radical (unpaired) electrons. The van der Waals surface area contributed by atoms with Crippen molar-refractivity contribution in [3.63, 3.8) is 0 Å². The van der Waals surface area contributed by atoms with Gasteiger partial charge in [-0.25, -0.2) is 4.57 Å². The van der Waals surface area contributed by atoms with Crippen molar-refractivity contribution in [3.8, 4) is 11.5 Å². The number of nitrogens with two attached hydrogens (primary N) is 1. The highest BCUT2D eigenvalue weighted by Crippen LogP contribution is 2.43. The Morgan fingerprint density at radius 2 is 1.88 bits per heavy atom. The Morgan fingerprint density at radius 3 is 2.64 bits per heavy atom. The van der Waals surface area contributed by atoms with Gasteiger partial charge in [0.25, 0.3) is 0 Å². The number of ether oxygens (including phenoxy) is 1. The van der Waals surface area contributed by atoms with E-state index in [9.17, 15) is 4.57 Å². The molecule has 9 heteroatoms. The van der Waals surface area contributed by atoms with E-state index in [1.165, 1.54) is 33.0 Å². The van der Waals surface area contributed by atoms with Crippen LogP contribution in [0.25, 0.3) is 10.9 Å². The molecular weight excluding hydrogens is 439 g/mol. The normalized spacial score (nSPS) is 16.4. The summed E-state index contributed by atoms with van der Waals surface area (Å²) in [7, 11) is -1.89. The summed E-state index contributed by atoms with van der Waals surface area (Å²) in [6, 6.07) is 12.6. The van der Waals surface area contributed by atoms with Crippen LogP contribution in [0.3, 0.4) is 0 Å². The van der Waals surface area contributed by atoms with Crippen LogP contribution in [0.4, 0.5) is 5.69 Å². The van der Waals surface area contributed by atoms with E-state index in [4.69, 9.17) is 24.9 Å². The average molecular weight is 471 g/mol. The predicted octanol–water partition coefficient (Wildman–Crippen LogP) is 4.88. The van der Waals surface area contributed by atoms with Crippen LogP contribution in [0, 0.1) is 5.41 Å². The molecule has 33 heavy (non-hydrogen) atoms. The van der Waals surface area contributed by atoms with Crippen molar-refractivity contribution in [3.05, 3.63) is 53.7 Å². The number of hydrogen-bond acceptors (Lipinski definition) is 7. The number of benzene rings is 2. The lowest BCUT2D eigenvalue weighted by molar-refractivity contribution is 0.183. The number of fused-ring (bicyclic) bond motifs is 1. The molecule has 0 bridgehead atoms. The van der Waals surface area contributed by atoms with Gasteiger partial charge in [-0.15, -0.1) is 0 Å². The van der Waals surface area contributed by atoms with Gasteiger partial charge in [0, 0.05) is 42.5 Å². The van der Waals surface area contributed by atoms with Crippen LogP contribution in [-0.4, -0.2) is 55.6 Å². The van der Waals surface area contributed by atoms with Gasteiger partial charge in [-0.2, -0.15) is 0 Å². The van der Waals surface area contributed by atoms with Crippen molar-refractivity contribution in [1.29, 1.82) is 5.41 Å². The Labute approximate surface area is 194 Å². The molecule has 0 saturated carbocycles. The van der Waals surface area contributed by atoms with Crippen LogP contribution < -0.4 is 15.0 Å². The third kappa shape index (κ3) is 5.77. The van der Waals surface area contributed by atoms with Crippen LogP contribution in [-0.2, 0) is 9.09 Å². The first kappa shape index (κ1) is 23.4. The van der Waals surface area contributed by atoms with E-state index < -0.39 is 7.60 Å². The van der Waals surface area contributed by atoms with Gasteiger partial charge in [0.2, 0.25) is 0 Å². The first-order valence-electron chi connectivity index (χ1n) is 11.1. The molecule has 0 aliphatic carbocycles. The van der Waals surface area contributed by atoms with Gasteiger partial charge in [0.15, 0.2) is 0 Å². The van der Waals surface area contributed by atoms with E-state index in [2.05, 4.69) is 9.88 Å². The molecule has 1 fully saturated rings. The second-order valence-corrected chi connectivity index (χ2v) is 10.4. The summed E-state index contributed by atoms with van der Waals surface area (Å²) in [5, 5.41) is 9.64. The highest BCUT2D eigenvalue weighted by molar-refractivity contribution is 7.53. The number of hydrogen-bond donors (Lipinski definition) is 3. The number of aromatic amines is 1. The fourth-order valence-corrected chi connectivity index (χ4v) is 4.56. The maximum absolute atomic E-state index is 12.2. The summed E-state index contributed by atoms with van der Waals surface area (Å²) in [6.45, 7) is 5.29. The standard InChI is InChI=1S/C24H31N4O4P/c1-30-33(2,29)32-19-6-8-21(25)20(16-19)24(26)23-15-17-14-18(7-9-22(17)27-23)31-13-12-28-10-4-3-5-11-28/h6-9,14-16,26-27H,3-5,10-13,25H2,1-2H3. The highest BCUT2D eigenvalue weighted by atomic mass is 31.2. The minimum atomic E-state index is -3.22. The van der Waals surface area contributed by atoms with E-state index in [1.54, 1.807) is 18.2 Å². The molecule has 0 spiro atoms. The van der Waals surface area contributed by atoms with Gasteiger partial charge < -0.3 is 24.5 Å². The Kier molecular flexibility index (Phi) is 7.08. The molecule has 2 heterocycles. The molecule has 2 aromatic carbocycles. The number of nitrogen functional groups attached to an aromatic ring is 1. The number of rotatable bonds is 9. The molecule has 1 atom stereocenters. The Morgan fingerprint density at radius 1 is 1.12 bits per heavy atom. The monoisotopic (exact) mass is 470 g/mol. The lowest BCUT2D eigenvalue weighted by Crippen LogP contribution is -2.33. The smallest absolute Gasteiger partial charge is 0.375 e. The third-order valence-electron chi connectivity index (χ3n) is 5.88. The third-order valence-corrected chi connectivity index (χ3v) is 7.09. The fourth-order valence-electron chi connectivity index (χ4n) is 3.99. The molecule has 1 aliphatic heterocycles. The van der Waals surface area contributed by atoms with Gasteiger partial charge in [0.1, 0.15) is 18.1 Å². The quantitative estimate of drug-likeness (QED) is 0.233. The summed E-state index contributed by atoms with van der Waals surface area (Å²) >= 11 is 0. The Balaban J connectivity index is 1.48. The number of likely N-dealkylation sites (tertiary alicyclic amines) is 1. The van der Waals surface area contributed by atoms with Crippen LogP contribution in [0.5, 0.6) is 11.5 Å². The van der Waals surface area contributed by atoms with Gasteiger partial charge in [-0.3, -0.25) is 10.3 Å². The summed E-state index contributed by atoms with van der Waals surface area (Å²) in [4.78, 5) is 5.72. The largest absolute Gasteiger partial charge is 0.492 e. The van der Waals surface area contributed by atoms with E-state index in [-0.39, 0.29) is 5.71 Å². The van der Waals surface area contributed by atoms with Gasteiger partial charge >= 0.3 is 7.60 Å². The molecule has 0 amide bonds. The molecule has 3 aromatic rings. The van der Waals surface area contributed by atoms with Crippen LogP contribution in [0.2, 0.25) is 0 Å². The molecule has 4 N–H and O–H groups in total. The molecule has 4 rings (SSSR count). The van der Waals surface area contributed by atoms with Crippen LogP contribution in [0.15, 0.2) is 42.5 Å². The van der Waals surface area contributed by atoms with E-state index in [1.807, 2.05) is 24.3 Å². The fraction of sp³-hybridized carbons (Fsp3) is 0.375. The van der Waals surface area contributed by atoms with E-state index in [0.29, 0.717) is 29.3 Å². The molecule has 1 aromatic heterocycles. The maximum Gasteiger partial charge on any atom is 0.375 e. The SMILES string of the molecule is COP(C)(=O)Oc1ccc(N)c(C(=N)c2cc3cc(OCCN4CCCCC4)ccc3[nH]2)c1. The lowest BCUT2D eigenvalue weighted by atomic mass is 10.0. The number of anilines is 1. The van der Waals surface area contributed by atoms with Gasteiger partial charge in [-0.1, -0.05) is 6.42 Å². The molecule has 8 nitrogen and oxygen atoms in total. The van der Waals surface area contributed by atoms with E-state index >= 15 is 0 Å². The van der Waals surface area contributed by atoms with Crippen molar-refractivity contribution < 1.29 is 18.3 Å². The molecular formula is C24H31N4O4P. The van der Waals surface area contributed by atoms with Crippen molar-refractivity contribution in [2.75, 3.05) is 45.7 Å². The molecule has 176 valence electrons. The maximum atomic E-state index is 12.2. The Hall–Kier alpha value is -2.80. The van der Waals surface area contributed by atoms with E-state index in [0.717, 1.165) is 36.3 Å². The van der Waals surface area contributed by atoms with Crippen LogP contribution in [0.1, 0.15) is 30.5 Å². The minimum absolute atomic E-state index is 0.213. The van der Waals surface area contributed by atoms with Crippen molar-refractivity contribution in [2.24, 2.45) is 0 Å². The molecule has 1 unspecified atom stereocenters. The zero-order chi connectivity index (χ0) is 23.4. The van der Waals surface area contributed by atoms with Crippen molar-refractivity contribution in [1.82, 2.24) is 9.88 Å². The zero-order valence-electron chi connectivity index (χ0n) is 19.1. The second-order valence-electron chi connectivity index (χ2n) is 8.35. The van der Waals surface area contributed by atoms with Crippen LogP contribution >= 0.6 is 7.60 Å². The number of H-pyrrole nitrogens is 1. The van der Waals surface area contributed by atoms with Gasteiger partial charge in [0.05, 0.1) is 11.4 Å². The van der Waals surface area contributed by atoms with Crippen molar-refractivity contribution >= 4 is 29.9 Å². The van der Waals surface area contributed by atoms with Gasteiger partial charge in [-0.05, 0) is 68.4 Å². The Bertz CT molecular complexity index is 1190. The predicted molar refractivity (Wildman–Crippen MR) is 132 cm³/mol. The topological polar surface area (TPSA) is 114 Å². The number of piperidine rings is 1. The first-order valence-corrected chi connectivity index (χ1v) is 13.1. The molecule has 1 aliphatic rings. The zero-order valence-corrected chi connectivity index (χ0v) is 20.0. The molecule has 1 saturated heterocycles. The summed E-state index contributed by atoms with van der Waals surface area (Å²) in [6.07, 6.45) is 3.87.